The fourth-order valence-electron chi connectivity index (χ4n) is 4.81. The molecule has 0 unspecified atom stereocenters. The van der Waals surface area contributed by atoms with Crippen LogP contribution in [0, 0.1) is 17.8 Å². The van der Waals surface area contributed by atoms with Crippen molar-refractivity contribution in [3.05, 3.63) is 0 Å². The maximum Gasteiger partial charge on any atom is 0.0697 e. The largest absolute Gasteiger partial charge is 0.369 e. The molecule has 0 spiro atoms. The number of hydrogen-bond acceptors (Lipinski definition) is 1. The molecular formula is C15H26O. The average Bonchev–Trinajstić information content (AvgIpc) is 2.13. The van der Waals surface area contributed by atoms with Crippen molar-refractivity contribution < 1.29 is 4.74 Å². The van der Waals surface area contributed by atoms with E-state index in [2.05, 4.69) is 20.8 Å². The Balaban J connectivity index is 1.78. The molecule has 0 saturated heterocycles. The van der Waals surface area contributed by atoms with Crippen LogP contribution in [-0.2, 0) is 4.74 Å². The van der Waals surface area contributed by atoms with Gasteiger partial charge in [0.2, 0.25) is 0 Å². The van der Waals surface area contributed by atoms with Gasteiger partial charge in [-0.3, -0.25) is 0 Å². The van der Waals surface area contributed by atoms with Crippen molar-refractivity contribution in [2.24, 2.45) is 17.8 Å². The van der Waals surface area contributed by atoms with Gasteiger partial charge in [-0.05, 0) is 76.5 Å². The van der Waals surface area contributed by atoms with E-state index < -0.39 is 0 Å². The molecule has 0 N–H and O–H groups in total. The van der Waals surface area contributed by atoms with E-state index >= 15 is 0 Å². The molecule has 4 aliphatic rings. The zero-order valence-electron chi connectivity index (χ0n) is 11.1. The summed E-state index contributed by atoms with van der Waals surface area (Å²) in [4.78, 5) is 0. The van der Waals surface area contributed by atoms with Crippen molar-refractivity contribution in [2.75, 3.05) is 0 Å². The molecule has 4 aliphatic carbocycles. The van der Waals surface area contributed by atoms with Crippen LogP contribution < -0.4 is 0 Å². The molecule has 4 saturated carbocycles. The molecule has 92 valence electrons. The second-order valence-corrected chi connectivity index (χ2v) is 7.32. The first-order valence-corrected chi connectivity index (χ1v) is 7.20. The highest BCUT2D eigenvalue weighted by atomic mass is 16.5. The summed E-state index contributed by atoms with van der Waals surface area (Å²) in [6.07, 6.45) is 9.75. The first-order chi connectivity index (χ1) is 7.50. The standard InChI is InChI=1S/C15H26O/c1-4-14(2,3)16-15-8-11-5-12(9-15)7-13(6-11)10-15/h11-13H,4-10H2,1-3H3. The Kier molecular flexibility index (Phi) is 2.41. The van der Waals surface area contributed by atoms with Crippen molar-refractivity contribution in [3.8, 4) is 0 Å². The molecule has 16 heavy (non-hydrogen) atoms. The van der Waals surface area contributed by atoms with Crippen molar-refractivity contribution in [2.45, 2.75) is 76.9 Å². The highest BCUT2D eigenvalue weighted by Crippen LogP contribution is 2.58. The minimum Gasteiger partial charge on any atom is -0.369 e. The summed E-state index contributed by atoms with van der Waals surface area (Å²) in [5.74, 6) is 3.00. The third kappa shape index (κ3) is 1.81. The SMILES string of the molecule is CCC(C)(C)OC12CC3CC(CC(C3)C1)C2. The zero-order chi connectivity index (χ0) is 11.4. The summed E-state index contributed by atoms with van der Waals surface area (Å²) in [5.41, 5.74) is 0.375. The van der Waals surface area contributed by atoms with Gasteiger partial charge in [0.15, 0.2) is 0 Å². The lowest BCUT2D eigenvalue weighted by atomic mass is 9.54. The molecule has 1 heteroatoms. The lowest BCUT2D eigenvalue weighted by Crippen LogP contribution is -2.54. The molecule has 0 aromatic rings. The van der Waals surface area contributed by atoms with Crippen LogP contribution in [-0.4, -0.2) is 11.2 Å². The fraction of sp³-hybridized carbons (Fsp3) is 1.00. The Labute approximate surface area is 99.9 Å². The zero-order valence-corrected chi connectivity index (χ0v) is 11.1. The van der Waals surface area contributed by atoms with Gasteiger partial charge < -0.3 is 4.74 Å². The Morgan fingerprint density at radius 3 is 1.81 bits per heavy atom. The quantitative estimate of drug-likeness (QED) is 0.696. The molecule has 0 heterocycles. The molecule has 0 aliphatic heterocycles. The smallest absolute Gasteiger partial charge is 0.0697 e. The van der Waals surface area contributed by atoms with Crippen LogP contribution in [0.4, 0.5) is 0 Å². The third-order valence-corrected chi connectivity index (χ3v) is 5.33. The number of ether oxygens (including phenoxy) is 1. The minimum atomic E-state index is 0.0890. The van der Waals surface area contributed by atoms with Gasteiger partial charge in [-0.1, -0.05) is 6.92 Å². The van der Waals surface area contributed by atoms with E-state index in [-0.39, 0.29) is 11.2 Å². The van der Waals surface area contributed by atoms with Crippen LogP contribution in [0.5, 0.6) is 0 Å². The molecule has 0 amide bonds. The Hall–Kier alpha value is -0.0400. The van der Waals surface area contributed by atoms with Gasteiger partial charge >= 0.3 is 0 Å². The van der Waals surface area contributed by atoms with Crippen molar-refractivity contribution >= 4 is 0 Å². The van der Waals surface area contributed by atoms with E-state index in [0.29, 0.717) is 0 Å². The lowest BCUT2D eigenvalue weighted by Gasteiger charge is -2.58. The van der Waals surface area contributed by atoms with Crippen molar-refractivity contribution in [1.29, 1.82) is 0 Å². The van der Waals surface area contributed by atoms with Gasteiger partial charge in [0.05, 0.1) is 11.2 Å². The van der Waals surface area contributed by atoms with E-state index in [1.165, 1.54) is 38.5 Å². The van der Waals surface area contributed by atoms with Gasteiger partial charge in [-0.25, -0.2) is 0 Å². The van der Waals surface area contributed by atoms with E-state index in [4.69, 9.17) is 4.74 Å². The molecule has 1 nitrogen and oxygen atoms in total. The number of hydrogen-bond donors (Lipinski definition) is 0. The maximum atomic E-state index is 6.59. The summed E-state index contributed by atoms with van der Waals surface area (Å²) in [6.45, 7) is 6.79. The summed E-state index contributed by atoms with van der Waals surface area (Å²) < 4.78 is 6.59. The van der Waals surface area contributed by atoms with Crippen LogP contribution in [0.1, 0.15) is 65.7 Å². The van der Waals surface area contributed by atoms with Crippen molar-refractivity contribution in [1.82, 2.24) is 0 Å². The predicted molar refractivity (Wildman–Crippen MR) is 66.4 cm³/mol. The molecular weight excluding hydrogens is 196 g/mol. The van der Waals surface area contributed by atoms with Crippen LogP contribution in [0.2, 0.25) is 0 Å². The first kappa shape index (κ1) is 11.1. The van der Waals surface area contributed by atoms with Crippen molar-refractivity contribution in [3.63, 3.8) is 0 Å². The Morgan fingerprint density at radius 2 is 1.44 bits per heavy atom. The predicted octanol–water partition coefficient (Wildman–Crippen LogP) is 4.16. The van der Waals surface area contributed by atoms with Gasteiger partial charge in [0.25, 0.3) is 0 Å². The molecule has 4 bridgehead atoms. The molecule has 4 rings (SSSR count). The molecule has 0 radical (unpaired) electrons. The Morgan fingerprint density at radius 1 is 1.00 bits per heavy atom. The van der Waals surface area contributed by atoms with Crippen LogP contribution in [0.25, 0.3) is 0 Å². The molecule has 0 atom stereocenters. The molecule has 4 fully saturated rings. The first-order valence-electron chi connectivity index (χ1n) is 7.20. The monoisotopic (exact) mass is 222 g/mol. The van der Waals surface area contributed by atoms with Crippen LogP contribution in [0.15, 0.2) is 0 Å². The highest BCUT2D eigenvalue weighted by Gasteiger charge is 2.53. The number of rotatable bonds is 3. The highest BCUT2D eigenvalue weighted by molar-refractivity contribution is 5.04. The minimum absolute atomic E-state index is 0.0890. The molecule has 0 aromatic carbocycles. The maximum absolute atomic E-state index is 6.59. The summed E-state index contributed by atoms with van der Waals surface area (Å²) in [6, 6.07) is 0. The normalized spacial score (nSPS) is 46.3. The Bertz CT molecular complexity index is 244. The summed E-state index contributed by atoms with van der Waals surface area (Å²) >= 11 is 0. The van der Waals surface area contributed by atoms with Crippen LogP contribution >= 0.6 is 0 Å². The van der Waals surface area contributed by atoms with Gasteiger partial charge in [0, 0.05) is 0 Å². The van der Waals surface area contributed by atoms with E-state index in [1.54, 1.807) is 0 Å². The second-order valence-electron chi connectivity index (χ2n) is 7.32. The summed E-state index contributed by atoms with van der Waals surface area (Å²) in [7, 11) is 0. The fourth-order valence-corrected chi connectivity index (χ4v) is 4.81. The topological polar surface area (TPSA) is 9.23 Å². The average molecular weight is 222 g/mol. The lowest BCUT2D eigenvalue weighted by molar-refractivity contribution is -0.215. The second kappa shape index (κ2) is 3.48. The molecule has 0 aromatic heterocycles. The van der Waals surface area contributed by atoms with Crippen LogP contribution in [0.3, 0.4) is 0 Å². The van der Waals surface area contributed by atoms with Gasteiger partial charge in [-0.15, -0.1) is 0 Å². The van der Waals surface area contributed by atoms with E-state index in [1.807, 2.05) is 0 Å². The summed E-state index contributed by atoms with van der Waals surface area (Å²) in [5, 5.41) is 0. The van der Waals surface area contributed by atoms with Gasteiger partial charge in [0.1, 0.15) is 0 Å². The van der Waals surface area contributed by atoms with Gasteiger partial charge in [-0.2, -0.15) is 0 Å². The van der Waals surface area contributed by atoms with E-state index in [9.17, 15) is 0 Å². The third-order valence-electron chi connectivity index (χ3n) is 5.33. The van der Waals surface area contributed by atoms with E-state index in [0.717, 1.165) is 24.2 Å².